The van der Waals surface area contributed by atoms with E-state index in [-0.39, 0.29) is 67.0 Å². The van der Waals surface area contributed by atoms with Crippen LogP contribution in [0.25, 0.3) is 11.1 Å². The standard InChI is InChI=1S/C60H50BrCl2N7O19/c61-21-46(77)65-37-10-23-1-7-41(34(62)9-23)88-44-16-28-17-45(54(44)79)89-42-8-4-26(14-35(42)63)53(78)52-59(84)69-51(60(85)86)33-19-30(73)20-40(76)47(33)32-13-25(3-5-38(32)74)48(56(81)70-52)67-58(83)50(28)68-57(82)49(66-55(37)80)27-11-29(72)18-31(12-27)87-43-15-24(36(64)22-71)2-6-39(43)75/h1-9,11-20,36-37,48-53,71-76,78-79H,10,21-22,64H2,(H,65,77)(H,66,80)(H,67,83)(H,68,82)(H,69,84)(H,70,81)(H,85,86)/t36-,37+,48+,49-,50+,51-,52-,53+/m0/s1. The molecule has 5 heterocycles. The lowest BCUT2D eigenvalue weighted by Gasteiger charge is -2.31. The second-order valence-corrected chi connectivity index (χ2v) is 22.0. The van der Waals surface area contributed by atoms with Crippen LogP contribution < -0.4 is 51.8 Å². The number of aliphatic carboxylic acids is 1. The number of carboxylic acids is 1. The van der Waals surface area contributed by atoms with E-state index in [2.05, 4.69) is 47.8 Å². The highest BCUT2D eigenvalue weighted by atomic mass is 79.9. The Labute approximate surface area is 520 Å². The van der Waals surface area contributed by atoms with Crippen LogP contribution in [0.2, 0.25) is 10.0 Å². The van der Waals surface area contributed by atoms with E-state index in [0.717, 1.165) is 66.7 Å². The minimum absolute atomic E-state index is 0.123. The van der Waals surface area contributed by atoms with Gasteiger partial charge < -0.3 is 97.8 Å². The van der Waals surface area contributed by atoms with Crippen molar-refractivity contribution in [1.82, 2.24) is 31.9 Å². The molecule has 7 aromatic carbocycles. The number of aromatic hydroxyl groups is 6. The Morgan fingerprint density at radius 2 is 1.22 bits per heavy atom. The maximum Gasteiger partial charge on any atom is 0.330 e. The van der Waals surface area contributed by atoms with Crippen LogP contribution in [0.3, 0.4) is 0 Å². The van der Waals surface area contributed by atoms with Gasteiger partial charge in [-0.1, -0.05) is 63.4 Å². The van der Waals surface area contributed by atoms with E-state index in [0.29, 0.717) is 11.1 Å². The van der Waals surface area contributed by atoms with Crippen LogP contribution in [0, 0.1) is 0 Å². The van der Waals surface area contributed by atoms with Crippen molar-refractivity contribution < 1.29 is 93.7 Å². The van der Waals surface area contributed by atoms with Gasteiger partial charge in [0.05, 0.1) is 28.0 Å². The average Bonchev–Trinajstić information content (AvgIpc) is 3.16. The zero-order valence-corrected chi connectivity index (χ0v) is 48.6. The maximum absolute atomic E-state index is 15.8. The predicted octanol–water partition coefficient (Wildman–Crippen LogP) is 5.36. The van der Waals surface area contributed by atoms with Gasteiger partial charge in [-0.15, -0.1) is 0 Å². The molecule has 8 atom stereocenters. The average molecular weight is 1320 g/mol. The number of aliphatic hydroxyl groups is 2. The Bertz CT molecular complexity index is 4080. The number of fused-ring (bicyclic) bond motifs is 15. The molecule has 17 N–H and O–H groups in total. The summed E-state index contributed by atoms with van der Waals surface area (Å²) in [6.07, 6.45) is -2.45. The number of amides is 6. The minimum atomic E-state index is -2.21. The first-order valence-electron chi connectivity index (χ1n) is 26.6. The fraction of sp³-hybridized carbons (Fsp3) is 0.183. The van der Waals surface area contributed by atoms with Crippen molar-refractivity contribution in [3.63, 3.8) is 0 Å². The normalized spacial score (nSPS) is 20.4. The summed E-state index contributed by atoms with van der Waals surface area (Å²) in [6.45, 7) is -0.501. The maximum atomic E-state index is 15.8. The monoisotopic (exact) mass is 1320 g/mol. The van der Waals surface area contributed by atoms with Gasteiger partial charge in [-0.3, -0.25) is 28.8 Å². The molecular weight excluding hydrogens is 1270 g/mol. The Morgan fingerprint density at radius 1 is 0.629 bits per heavy atom. The van der Waals surface area contributed by atoms with Crippen molar-refractivity contribution >= 4 is 80.5 Å². The molecule has 6 amide bonds. The molecule has 89 heavy (non-hydrogen) atoms. The van der Waals surface area contributed by atoms with Crippen LogP contribution in [0.5, 0.6) is 69.0 Å². The number of carbonyl (C=O) groups excluding carboxylic acids is 6. The molecule has 0 unspecified atom stereocenters. The first-order valence-corrected chi connectivity index (χ1v) is 28.4. The van der Waals surface area contributed by atoms with E-state index in [1.165, 1.54) is 48.5 Å². The molecule has 0 saturated carbocycles. The highest BCUT2D eigenvalue weighted by Gasteiger charge is 2.41. The minimum Gasteiger partial charge on any atom is -0.508 e. The number of hydrogen-bond acceptors (Lipinski definition) is 19. The molecule has 0 radical (unpaired) electrons. The molecule has 0 aliphatic carbocycles. The van der Waals surface area contributed by atoms with Crippen molar-refractivity contribution in [1.29, 1.82) is 0 Å². The van der Waals surface area contributed by atoms with Crippen LogP contribution >= 0.6 is 39.1 Å². The van der Waals surface area contributed by atoms with Crippen molar-refractivity contribution in [2.24, 2.45) is 5.73 Å². The second-order valence-electron chi connectivity index (χ2n) is 20.6. The molecule has 5 aliphatic heterocycles. The van der Waals surface area contributed by atoms with E-state index in [4.69, 9.17) is 43.1 Å². The van der Waals surface area contributed by atoms with Gasteiger partial charge in [-0.2, -0.15) is 0 Å². The molecule has 26 nitrogen and oxygen atoms in total. The highest BCUT2D eigenvalue weighted by molar-refractivity contribution is 9.09. The molecule has 0 aromatic heterocycles. The fourth-order valence-electron chi connectivity index (χ4n) is 10.2. The number of carbonyl (C=O) groups is 7. The van der Waals surface area contributed by atoms with Gasteiger partial charge in [0.25, 0.3) is 0 Å². The Hall–Kier alpha value is -10.0. The van der Waals surface area contributed by atoms with Gasteiger partial charge in [0.1, 0.15) is 76.6 Å². The number of alkyl halides is 1. The SMILES string of the molecule is N[C@@H](CO)c1ccc(O)c(Oc2cc(O)cc([C@@H]3NC(=O)[C@H](NC(=O)CBr)Cc4ccc(c(Cl)c4)Oc4cc5cc(c4O)Oc4ccc(cc4Cl)[C@@H](O)[C@@H]4NC(=O)[C@H](NC(=O)[C@@H]5NC3=O)c3ccc(O)c(c3)-c3c(O)cc(O)cc3[C@@H](C(=O)O)NC4=O)c2)c1. The van der Waals surface area contributed by atoms with Crippen LogP contribution in [0.4, 0.5) is 0 Å². The fourth-order valence-corrected chi connectivity index (χ4v) is 10.8. The van der Waals surface area contributed by atoms with Crippen molar-refractivity contribution in [3.05, 3.63) is 164 Å². The summed E-state index contributed by atoms with van der Waals surface area (Å²) in [5, 5.41) is 114. The van der Waals surface area contributed by atoms with Gasteiger partial charge in [-0.25, -0.2) is 4.79 Å². The quantitative estimate of drug-likeness (QED) is 0.0851. The molecule has 460 valence electrons. The predicted molar refractivity (Wildman–Crippen MR) is 316 cm³/mol. The summed E-state index contributed by atoms with van der Waals surface area (Å²) in [7, 11) is 0. The van der Waals surface area contributed by atoms with E-state index in [1.54, 1.807) is 0 Å². The van der Waals surface area contributed by atoms with Gasteiger partial charge >= 0.3 is 5.97 Å². The van der Waals surface area contributed by atoms with E-state index in [9.17, 15) is 65.1 Å². The second kappa shape index (κ2) is 25.4. The zero-order chi connectivity index (χ0) is 63.9. The molecule has 0 saturated heterocycles. The number of nitrogens with one attached hydrogen (secondary N) is 6. The van der Waals surface area contributed by atoms with E-state index in [1.807, 2.05) is 0 Å². The van der Waals surface area contributed by atoms with Gasteiger partial charge in [0, 0.05) is 35.2 Å². The summed E-state index contributed by atoms with van der Waals surface area (Å²) in [6, 6.07) is 8.63. The van der Waals surface area contributed by atoms with E-state index < -0.39 is 159 Å². The molecule has 5 aliphatic rings. The van der Waals surface area contributed by atoms with Gasteiger partial charge in [0.2, 0.25) is 41.2 Å². The van der Waals surface area contributed by atoms with E-state index >= 15 is 14.4 Å². The third-order valence-electron chi connectivity index (χ3n) is 14.6. The third-order valence-corrected chi connectivity index (χ3v) is 15.7. The number of aliphatic hydroxyl groups excluding tert-OH is 2. The number of benzene rings is 7. The lowest BCUT2D eigenvalue weighted by molar-refractivity contribution is -0.143. The lowest BCUT2D eigenvalue weighted by Crippen LogP contribution is -2.55. The molecule has 0 fully saturated rings. The van der Waals surface area contributed by atoms with Crippen LogP contribution in [0.1, 0.15) is 75.3 Å². The smallest absolute Gasteiger partial charge is 0.330 e. The number of phenolic OH excluding ortho intramolecular Hbond substituents is 6. The van der Waals surface area contributed by atoms with Crippen molar-refractivity contribution in [2.75, 3.05) is 11.9 Å². The first kappa shape index (κ1) is 62.0. The number of halogens is 3. The molecular formula is C60H50BrCl2N7O19. The molecule has 11 bridgehead atoms. The molecule has 7 aromatic rings. The summed E-state index contributed by atoms with van der Waals surface area (Å²) in [5.74, 6) is -14.9. The number of nitrogens with two attached hydrogens (primary N) is 1. The molecule has 12 rings (SSSR count). The van der Waals surface area contributed by atoms with Gasteiger partial charge in [-0.05, 0) is 112 Å². The third kappa shape index (κ3) is 13.0. The number of phenols is 6. The Balaban J connectivity index is 1.20. The first-order chi connectivity index (χ1) is 42.4. The number of hydrogen-bond donors (Lipinski definition) is 16. The molecule has 0 spiro atoms. The molecule has 29 heteroatoms. The zero-order valence-electron chi connectivity index (χ0n) is 45.5. The Morgan fingerprint density at radius 3 is 1.87 bits per heavy atom. The van der Waals surface area contributed by atoms with Crippen molar-refractivity contribution in [3.8, 4) is 80.1 Å². The summed E-state index contributed by atoms with van der Waals surface area (Å²) in [5.41, 5.74) is 4.10. The summed E-state index contributed by atoms with van der Waals surface area (Å²) in [4.78, 5) is 102. The number of carboxylic acid groups (broad SMARTS) is 1. The van der Waals surface area contributed by atoms with Crippen LogP contribution in [-0.4, -0.2) is 111 Å². The van der Waals surface area contributed by atoms with Crippen LogP contribution in [-0.2, 0) is 40.0 Å². The largest absolute Gasteiger partial charge is 0.508 e. The van der Waals surface area contributed by atoms with Crippen LogP contribution in [0.15, 0.2) is 115 Å². The van der Waals surface area contributed by atoms with Gasteiger partial charge in [0.15, 0.2) is 29.0 Å². The lowest BCUT2D eigenvalue weighted by atomic mass is 9.89. The van der Waals surface area contributed by atoms with Crippen molar-refractivity contribution in [2.45, 2.75) is 54.8 Å². The number of ether oxygens (including phenoxy) is 3. The highest BCUT2D eigenvalue weighted by Crippen LogP contribution is 2.48. The number of rotatable bonds is 8. The summed E-state index contributed by atoms with van der Waals surface area (Å²) >= 11 is 16.7. The topological polar surface area (TPSA) is 427 Å². The Kier molecular flexibility index (Phi) is 17.7. The summed E-state index contributed by atoms with van der Waals surface area (Å²) < 4.78 is 18.4.